The highest BCUT2D eigenvalue weighted by molar-refractivity contribution is 7.26. The summed E-state index contributed by atoms with van der Waals surface area (Å²) in [4.78, 5) is 2.43. The molecule has 0 unspecified atom stereocenters. The molecule has 2 heterocycles. The number of benzene rings is 10. The molecule has 286 valence electrons. The van der Waals surface area contributed by atoms with E-state index in [1.54, 1.807) is 0 Å². The molecule has 12 rings (SSSR count). The van der Waals surface area contributed by atoms with Crippen LogP contribution in [0.4, 0.5) is 17.1 Å². The van der Waals surface area contributed by atoms with E-state index < -0.39 is 0 Å². The highest BCUT2D eigenvalue weighted by Crippen LogP contribution is 2.46. The van der Waals surface area contributed by atoms with Gasteiger partial charge in [0.15, 0.2) is 0 Å². The van der Waals surface area contributed by atoms with Crippen LogP contribution >= 0.6 is 11.3 Å². The average Bonchev–Trinajstić information content (AvgIpc) is 3.88. The molecule has 12 aromatic rings. The topological polar surface area (TPSA) is 8.17 Å². The highest BCUT2D eigenvalue weighted by atomic mass is 32.1. The van der Waals surface area contributed by atoms with Crippen LogP contribution in [-0.2, 0) is 0 Å². The predicted molar refractivity (Wildman–Crippen MR) is 262 cm³/mol. The van der Waals surface area contributed by atoms with Crippen molar-refractivity contribution in [2.75, 3.05) is 4.90 Å². The quantitative estimate of drug-likeness (QED) is 0.156. The Morgan fingerprint density at radius 1 is 0.344 bits per heavy atom. The number of rotatable bonds is 7. The molecule has 0 fully saturated rings. The number of nitrogens with zero attached hydrogens (tertiary/aromatic N) is 2. The van der Waals surface area contributed by atoms with Gasteiger partial charge in [0.1, 0.15) is 0 Å². The van der Waals surface area contributed by atoms with Crippen molar-refractivity contribution in [2.24, 2.45) is 0 Å². The molecule has 0 saturated carbocycles. The Kier molecular flexibility index (Phi) is 8.39. The van der Waals surface area contributed by atoms with Gasteiger partial charge in [0.25, 0.3) is 0 Å². The van der Waals surface area contributed by atoms with E-state index in [-0.39, 0.29) is 0 Å². The Hall–Kier alpha value is -7.72. The van der Waals surface area contributed by atoms with Crippen molar-refractivity contribution >= 4 is 81.1 Å². The molecule has 2 aromatic heterocycles. The van der Waals surface area contributed by atoms with Crippen molar-refractivity contribution in [1.82, 2.24) is 4.57 Å². The van der Waals surface area contributed by atoms with Crippen molar-refractivity contribution in [3.05, 3.63) is 231 Å². The number of fused-ring (bicyclic) bond motifs is 7. The lowest BCUT2D eigenvalue weighted by Gasteiger charge is -2.27. The molecule has 0 aliphatic rings. The van der Waals surface area contributed by atoms with Gasteiger partial charge in [0.2, 0.25) is 0 Å². The van der Waals surface area contributed by atoms with E-state index in [1.807, 2.05) is 11.3 Å². The first-order valence-electron chi connectivity index (χ1n) is 20.8. The number of thiophene rings is 1. The third kappa shape index (κ3) is 6.01. The van der Waals surface area contributed by atoms with Gasteiger partial charge in [-0.05, 0) is 111 Å². The summed E-state index contributed by atoms with van der Waals surface area (Å²) >= 11 is 1.86. The molecule has 0 spiro atoms. The van der Waals surface area contributed by atoms with Crippen LogP contribution in [0.3, 0.4) is 0 Å². The van der Waals surface area contributed by atoms with Gasteiger partial charge in [0, 0.05) is 47.9 Å². The van der Waals surface area contributed by atoms with E-state index in [0.717, 1.165) is 11.4 Å². The second-order valence-corrected chi connectivity index (χ2v) is 16.8. The summed E-state index contributed by atoms with van der Waals surface area (Å²) in [5.41, 5.74) is 14.1. The summed E-state index contributed by atoms with van der Waals surface area (Å²) in [5.74, 6) is 0. The second kappa shape index (κ2) is 14.5. The molecule has 0 saturated heterocycles. The molecule has 0 N–H and O–H groups in total. The maximum atomic E-state index is 2.43. The summed E-state index contributed by atoms with van der Waals surface area (Å²) in [6.07, 6.45) is 0. The Bertz CT molecular complexity index is 3540. The molecule has 0 amide bonds. The van der Waals surface area contributed by atoms with Gasteiger partial charge >= 0.3 is 0 Å². The van der Waals surface area contributed by atoms with Crippen LogP contribution in [-0.4, -0.2) is 4.57 Å². The number of anilines is 3. The van der Waals surface area contributed by atoms with Gasteiger partial charge in [-0.15, -0.1) is 11.3 Å². The van der Waals surface area contributed by atoms with Crippen molar-refractivity contribution in [3.8, 4) is 39.1 Å². The maximum absolute atomic E-state index is 2.43. The monoisotopic (exact) mass is 794 g/mol. The second-order valence-electron chi connectivity index (χ2n) is 15.7. The number of aromatic nitrogens is 1. The summed E-state index contributed by atoms with van der Waals surface area (Å²) in [5, 5.41) is 7.59. The zero-order valence-corrected chi connectivity index (χ0v) is 34.1. The minimum atomic E-state index is 1.10. The molecule has 0 radical (unpaired) electrons. The van der Waals surface area contributed by atoms with Crippen LogP contribution in [0.5, 0.6) is 0 Å². The fourth-order valence-electron chi connectivity index (χ4n) is 9.30. The maximum Gasteiger partial charge on any atom is 0.0554 e. The predicted octanol–water partition coefficient (Wildman–Crippen LogP) is 16.8. The minimum absolute atomic E-state index is 1.10. The third-order valence-electron chi connectivity index (χ3n) is 12.2. The standard InChI is InChI=1S/C58H38N2S/c1-2-14-42-38-45(28-27-39(42)13-1)44-16-11-15-43(37-44)40-29-33-46(34-30-40)59(55-24-12-26-57-58(55)51-20-6-10-25-56(51)61-57)47-35-31-41(32-36-47)48-17-3-7-21-52(48)60-53-22-8-4-18-49(53)50-19-5-9-23-54(50)60/h1-38H. The zero-order valence-electron chi connectivity index (χ0n) is 33.2. The Morgan fingerprint density at radius 2 is 0.885 bits per heavy atom. The Labute approximate surface area is 358 Å². The molecular weight excluding hydrogens is 757 g/mol. The number of para-hydroxylation sites is 3. The van der Waals surface area contributed by atoms with Crippen LogP contribution in [0.1, 0.15) is 0 Å². The average molecular weight is 795 g/mol. The number of hydrogen-bond donors (Lipinski definition) is 0. The molecule has 0 aliphatic heterocycles. The normalized spacial score (nSPS) is 11.6. The van der Waals surface area contributed by atoms with E-state index in [9.17, 15) is 0 Å². The van der Waals surface area contributed by atoms with E-state index in [4.69, 9.17) is 0 Å². The first kappa shape index (κ1) is 35.2. The molecule has 2 nitrogen and oxygen atoms in total. The lowest BCUT2D eigenvalue weighted by atomic mass is 9.97. The van der Waals surface area contributed by atoms with E-state index >= 15 is 0 Å². The summed E-state index contributed by atoms with van der Waals surface area (Å²) in [6.45, 7) is 0. The van der Waals surface area contributed by atoms with Crippen LogP contribution in [0.2, 0.25) is 0 Å². The summed E-state index contributed by atoms with van der Waals surface area (Å²) in [7, 11) is 0. The van der Waals surface area contributed by atoms with Gasteiger partial charge in [-0.2, -0.15) is 0 Å². The van der Waals surface area contributed by atoms with Gasteiger partial charge in [-0.1, -0.05) is 158 Å². The number of hydrogen-bond acceptors (Lipinski definition) is 2. The Morgan fingerprint density at radius 3 is 1.64 bits per heavy atom. The van der Waals surface area contributed by atoms with Crippen molar-refractivity contribution in [2.45, 2.75) is 0 Å². The third-order valence-corrected chi connectivity index (χ3v) is 13.3. The summed E-state index contributed by atoms with van der Waals surface area (Å²) < 4.78 is 4.99. The van der Waals surface area contributed by atoms with Gasteiger partial charge in [-0.3, -0.25) is 0 Å². The highest BCUT2D eigenvalue weighted by Gasteiger charge is 2.20. The fraction of sp³-hybridized carbons (Fsp3) is 0. The van der Waals surface area contributed by atoms with Crippen LogP contribution < -0.4 is 4.90 Å². The zero-order chi connectivity index (χ0) is 40.3. The van der Waals surface area contributed by atoms with Gasteiger partial charge in [0.05, 0.1) is 22.4 Å². The molecule has 0 atom stereocenters. The van der Waals surface area contributed by atoms with E-state index in [2.05, 4.69) is 240 Å². The molecule has 0 aliphatic carbocycles. The van der Waals surface area contributed by atoms with Crippen LogP contribution in [0.15, 0.2) is 231 Å². The smallest absolute Gasteiger partial charge is 0.0554 e. The first-order chi connectivity index (χ1) is 30.2. The van der Waals surface area contributed by atoms with E-state index in [1.165, 1.54) is 97.5 Å². The van der Waals surface area contributed by atoms with E-state index in [0.29, 0.717) is 0 Å². The van der Waals surface area contributed by atoms with Crippen LogP contribution in [0.25, 0.3) is 91.8 Å². The summed E-state index contributed by atoms with van der Waals surface area (Å²) in [6, 6.07) is 84.2. The van der Waals surface area contributed by atoms with Crippen LogP contribution in [0, 0.1) is 0 Å². The van der Waals surface area contributed by atoms with Crippen molar-refractivity contribution in [1.29, 1.82) is 0 Å². The molecule has 61 heavy (non-hydrogen) atoms. The molecule has 10 aromatic carbocycles. The lowest BCUT2D eigenvalue weighted by Crippen LogP contribution is -2.10. The molecule has 0 bridgehead atoms. The first-order valence-corrected chi connectivity index (χ1v) is 21.6. The molecular formula is C58H38N2S. The SMILES string of the molecule is c1cc(-c2ccc(N(c3ccc(-c4ccccc4-n4c5ccccc5c5ccccc54)cc3)c3cccc4sc5ccccc5c34)cc2)cc(-c2ccc3ccccc3c2)c1. The lowest BCUT2D eigenvalue weighted by molar-refractivity contribution is 1.18. The largest absolute Gasteiger partial charge is 0.310 e. The molecule has 3 heteroatoms. The minimum Gasteiger partial charge on any atom is -0.310 e. The van der Waals surface area contributed by atoms with Crippen molar-refractivity contribution in [3.63, 3.8) is 0 Å². The van der Waals surface area contributed by atoms with Gasteiger partial charge in [-0.25, -0.2) is 0 Å². The Balaban J connectivity index is 0.965. The van der Waals surface area contributed by atoms with Crippen molar-refractivity contribution < 1.29 is 0 Å². The van der Waals surface area contributed by atoms with Gasteiger partial charge < -0.3 is 9.47 Å². The fourth-order valence-corrected chi connectivity index (χ4v) is 10.4.